The molecular formula is C27H35B. The molecular weight excluding hydrogens is 335 g/mol. The van der Waals surface area contributed by atoms with Crippen LogP contribution < -0.4 is 10.9 Å². The summed E-state index contributed by atoms with van der Waals surface area (Å²) in [6, 6.07) is 9.40. The van der Waals surface area contributed by atoms with Gasteiger partial charge < -0.3 is 0 Å². The molecule has 0 spiro atoms. The number of aryl methyl sites for hydroxylation is 6. The van der Waals surface area contributed by atoms with Crippen LogP contribution in [0.25, 0.3) is 0 Å². The smallest absolute Gasteiger partial charge is 0.0867 e. The minimum absolute atomic E-state index is 0.220. The summed E-state index contributed by atoms with van der Waals surface area (Å²) < 4.78 is 0. The minimum Gasteiger partial charge on any atom is -0.0867 e. The van der Waals surface area contributed by atoms with E-state index in [-0.39, 0.29) is 5.41 Å². The molecule has 0 radical (unpaired) electrons. The largest absolute Gasteiger partial charge is 0.238 e. The molecule has 2 aromatic carbocycles. The molecule has 0 fully saturated rings. The van der Waals surface area contributed by atoms with E-state index in [1.165, 1.54) is 55.4 Å². The molecule has 0 unspecified atom stereocenters. The third-order valence-electron chi connectivity index (χ3n) is 6.28. The Morgan fingerprint density at radius 1 is 0.643 bits per heavy atom. The van der Waals surface area contributed by atoms with Gasteiger partial charge in [-0.15, -0.1) is 0 Å². The Hall–Kier alpha value is -2.02. The van der Waals surface area contributed by atoms with Crippen molar-refractivity contribution in [3.8, 4) is 0 Å². The zero-order chi connectivity index (χ0) is 20.8. The Bertz CT molecular complexity index is 876. The van der Waals surface area contributed by atoms with Crippen LogP contribution in [0.15, 0.2) is 47.5 Å². The zero-order valence-electron chi connectivity index (χ0n) is 19.2. The lowest BCUT2D eigenvalue weighted by atomic mass is 9.33. The maximum atomic E-state index is 2.41. The van der Waals surface area contributed by atoms with Crippen molar-refractivity contribution in [2.75, 3.05) is 0 Å². The summed E-state index contributed by atoms with van der Waals surface area (Å²) in [5.41, 5.74) is 14.6. The van der Waals surface area contributed by atoms with E-state index < -0.39 is 0 Å². The zero-order valence-corrected chi connectivity index (χ0v) is 19.2. The van der Waals surface area contributed by atoms with Crippen molar-refractivity contribution in [2.24, 2.45) is 5.41 Å². The molecule has 2 aromatic rings. The van der Waals surface area contributed by atoms with Gasteiger partial charge in [0.25, 0.3) is 0 Å². The van der Waals surface area contributed by atoms with E-state index in [1.54, 1.807) is 0 Å². The predicted octanol–water partition coefficient (Wildman–Crippen LogP) is 5.99. The van der Waals surface area contributed by atoms with Crippen LogP contribution in [0.4, 0.5) is 0 Å². The van der Waals surface area contributed by atoms with Crippen molar-refractivity contribution in [3.63, 3.8) is 0 Å². The lowest BCUT2D eigenvalue weighted by molar-refractivity contribution is 0.495. The first-order valence-corrected chi connectivity index (χ1v) is 10.5. The standard InChI is InChI=1S/C27H35B/c1-17-12-19(3)25(20(4)13-17)28(24-11-10-23(16-24)27(7,8)9)26-21(5)14-18(2)15-22(26)6/h10-15H,16H2,1-9H3. The van der Waals surface area contributed by atoms with Crippen LogP contribution in [0.5, 0.6) is 0 Å². The van der Waals surface area contributed by atoms with Crippen LogP contribution in [-0.4, -0.2) is 6.71 Å². The summed E-state index contributed by atoms with van der Waals surface area (Å²) in [6.45, 7) is 20.9. The average molecular weight is 370 g/mol. The van der Waals surface area contributed by atoms with Gasteiger partial charge in [0, 0.05) is 0 Å². The van der Waals surface area contributed by atoms with Crippen LogP contribution in [0.3, 0.4) is 0 Å². The summed E-state index contributed by atoms with van der Waals surface area (Å²) in [6.07, 6.45) is 5.86. The molecule has 28 heavy (non-hydrogen) atoms. The molecule has 1 heteroatoms. The van der Waals surface area contributed by atoms with Gasteiger partial charge >= 0.3 is 0 Å². The molecule has 0 saturated carbocycles. The monoisotopic (exact) mass is 370 g/mol. The molecule has 0 aromatic heterocycles. The van der Waals surface area contributed by atoms with Gasteiger partial charge in [0.1, 0.15) is 0 Å². The number of hydrogen-bond donors (Lipinski definition) is 0. The van der Waals surface area contributed by atoms with E-state index in [2.05, 4.69) is 98.7 Å². The highest BCUT2D eigenvalue weighted by Gasteiger charge is 2.33. The molecule has 1 aliphatic rings. The van der Waals surface area contributed by atoms with Crippen LogP contribution in [-0.2, 0) is 0 Å². The first-order valence-electron chi connectivity index (χ1n) is 10.5. The average Bonchev–Trinajstić information content (AvgIpc) is 3.01. The van der Waals surface area contributed by atoms with Crippen molar-refractivity contribution < 1.29 is 0 Å². The van der Waals surface area contributed by atoms with Crippen molar-refractivity contribution in [2.45, 2.75) is 68.7 Å². The molecule has 1 aliphatic carbocycles. The van der Waals surface area contributed by atoms with Gasteiger partial charge in [0.15, 0.2) is 0 Å². The van der Waals surface area contributed by atoms with Crippen LogP contribution in [0, 0.1) is 47.0 Å². The number of rotatable bonds is 3. The molecule has 0 nitrogen and oxygen atoms in total. The highest BCUT2D eigenvalue weighted by Crippen LogP contribution is 2.35. The lowest BCUT2D eigenvalue weighted by Crippen LogP contribution is -2.49. The van der Waals surface area contributed by atoms with Crippen molar-refractivity contribution >= 4 is 17.6 Å². The Kier molecular flexibility index (Phi) is 5.50. The van der Waals surface area contributed by atoms with Gasteiger partial charge in [-0.2, -0.15) is 0 Å². The lowest BCUT2D eigenvalue weighted by Gasteiger charge is -2.27. The molecule has 0 bridgehead atoms. The summed E-state index contributed by atoms with van der Waals surface area (Å²) in [5.74, 6) is 0. The maximum Gasteiger partial charge on any atom is 0.238 e. The minimum atomic E-state index is 0.220. The van der Waals surface area contributed by atoms with E-state index in [9.17, 15) is 0 Å². The van der Waals surface area contributed by atoms with Crippen LogP contribution >= 0.6 is 0 Å². The molecule has 146 valence electrons. The summed E-state index contributed by atoms with van der Waals surface area (Å²) in [5, 5.41) is 0. The Balaban J connectivity index is 2.21. The number of hydrogen-bond acceptors (Lipinski definition) is 0. The van der Waals surface area contributed by atoms with Gasteiger partial charge in [-0.05, 0) is 53.4 Å². The highest BCUT2D eigenvalue weighted by molar-refractivity contribution is 6.92. The summed E-state index contributed by atoms with van der Waals surface area (Å²) in [4.78, 5) is 0. The Morgan fingerprint density at radius 2 is 1.04 bits per heavy atom. The normalized spacial score (nSPS) is 14.2. The van der Waals surface area contributed by atoms with Crippen LogP contribution in [0.1, 0.15) is 60.6 Å². The Morgan fingerprint density at radius 3 is 1.36 bits per heavy atom. The van der Waals surface area contributed by atoms with Gasteiger partial charge in [-0.1, -0.05) is 113 Å². The quantitative estimate of drug-likeness (QED) is 0.583. The second-order valence-electron chi connectivity index (χ2n) is 9.92. The van der Waals surface area contributed by atoms with Crippen molar-refractivity contribution in [3.05, 3.63) is 80.8 Å². The maximum absolute atomic E-state index is 2.41. The SMILES string of the molecule is Cc1cc(C)c(B(C2=CC=C(C(C)(C)C)C2)c2c(C)cc(C)cc2C)c(C)c1. The number of allylic oxidation sites excluding steroid dienone is 4. The molecule has 0 heterocycles. The topological polar surface area (TPSA) is 0 Å². The number of benzene rings is 2. The third-order valence-corrected chi connectivity index (χ3v) is 6.28. The van der Waals surface area contributed by atoms with Gasteiger partial charge in [0.05, 0.1) is 0 Å². The second-order valence-corrected chi connectivity index (χ2v) is 9.92. The van der Waals surface area contributed by atoms with Crippen molar-refractivity contribution in [1.82, 2.24) is 0 Å². The van der Waals surface area contributed by atoms with Gasteiger partial charge in [0.2, 0.25) is 6.71 Å². The fraction of sp³-hybridized carbons (Fsp3) is 0.407. The van der Waals surface area contributed by atoms with Gasteiger partial charge in [-0.3, -0.25) is 0 Å². The molecule has 0 aliphatic heterocycles. The molecule has 3 rings (SSSR count). The first-order chi connectivity index (χ1) is 13.0. The van der Waals surface area contributed by atoms with E-state index in [0.717, 1.165) is 6.42 Å². The second kappa shape index (κ2) is 7.43. The molecule has 0 N–H and O–H groups in total. The van der Waals surface area contributed by atoms with Gasteiger partial charge in [-0.25, -0.2) is 0 Å². The fourth-order valence-electron chi connectivity index (χ4n) is 5.07. The van der Waals surface area contributed by atoms with E-state index in [1.807, 2.05) is 0 Å². The molecule has 0 amide bonds. The highest BCUT2D eigenvalue weighted by atomic mass is 14.2. The third kappa shape index (κ3) is 3.90. The van der Waals surface area contributed by atoms with Crippen molar-refractivity contribution in [1.29, 1.82) is 0 Å². The summed E-state index contributed by atoms with van der Waals surface area (Å²) in [7, 11) is 0. The first kappa shape index (κ1) is 20.7. The predicted molar refractivity (Wildman–Crippen MR) is 127 cm³/mol. The summed E-state index contributed by atoms with van der Waals surface area (Å²) >= 11 is 0. The van der Waals surface area contributed by atoms with Crippen LogP contribution in [0.2, 0.25) is 0 Å². The van der Waals surface area contributed by atoms with E-state index in [0.29, 0.717) is 6.71 Å². The fourth-order valence-corrected chi connectivity index (χ4v) is 5.07. The molecule has 0 saturated heterocycles. The molecule has 0 atom stereocenters. The Labute approximate surface area is 172 Å². The van der Waals surface area contributed by atoms with E-state index in [4.69, 9.17) is 0 Å². The van der Waals surface area contributed by atoms with E-state index >= 15 is 0 Å².